The van der Waals surface area contributed by atoms with Crippen LogP contribution in [0.15, 0.2) is 35.1 Å². The second kappa shape index (κ2) is 5.92. The maximum Gasteiger partial charge on any atom is 0.345 e. The number of amides is 1. The third-order valence-corrected chi connectivity index (χ3v) is 5.06. The molecule has 24 heavy (non-hydrogen) atoms. The molecule has 0 radical (unpaired) electrons. The molecule has 0 unspecified atom stereocenters. The molecule has 0 spiro atoms. The van der Waals surface area contributed by atoms with Crippen molar-refractivity contribution in [2.75, 3.05) is 13.1 Å². The fourth-order valence-electron chi connectivity index (χ4n) is 3.56. The van der Waals surface area contributed by atoms with Crippen LogP contribution < -0.4 is 5.69 Å². The minimum Gasteiger partial charge on any atom is -0.339 e. The van der Waals surface area contributed by atoms with E-state index in [1.165, 1.54) is 4.68 Å². The number of likely N-dealkylation sites (tertiary alicyclic amines) is 1. The molecule has 4 rings (SSSR count). The van der Waals surface area contributed by atoms with Crippen LogP contribution in [-0.4, -0.2) is 38.2 Å². The molecule has 1 amide bonds. The number of carbonyl (C=O) groups is 1. The van der Waals surface area contributed by atoms with Crippen LogP contribution in [0.4, 0.5) is 0 Å². The van der Waals surface area contributed by atoms with E-state index in [0.29, 0.717) is 19.1 Å². The average Bonchev–Trinajstić information content (AvgIpc) is 3.41. The average molecular weight is 326 g/mol. The van der Waals surface area contributed by atoms with Gasteiger partial charge in [-0.3, -0.25) is 9.36 Å². The van der Waals surface area contributed by atoms with Gasteiger partial charge >= 0.3 is 5.69 Å². The van der Waals surface area contributed by atoms with Crippen LogP contribution in [0.5, 0.6) is 0 Å². The molecule has 2 aromatic rings. The Morgan fingerprint density at radius 2 is 1.75 bits per heavy atom. The number of nitrogens with zero attached hydrogens (tertiary/aromatic N) is 4. The van der Waals surface area contributed by atoms with E-state index < -0.39 is 0 Å². The summed E-state index contributed by atoms with van der Waals surface area (Å²) in [5, 5.41) is 4.49. The molecule has 2 heterocycles. The van der Waals surface area contributed by atoms with Gasteiger partial charge in [0.05, 0.1) is 0 Å². The van der Waals surface area contributed by atoms with Crippen LogP contribution in [0.3, 0.4) is 0 Å². The Hall–Kier alpha value is -2.37. The van der Waals surface area contributed by atoms with Crippen LogP contribution in [0, 0.1) is 0 Å². The third-order valence-electron chi connectivity index (χ3n) is 5.06. The Kier molecular flexibility index (Phi) is 3.75. The number of carbonyl (C=O) groups excluding carboxylic acids is 1. The summed E-state index contributed by atoms with van der Waals surface area (Å²) in [6, 6.07) is 9.76. The zero-order chi connectivity index (χ0) is 16.7. The first-order chi connectivity index (χ1) is 11.6. The van der Waals surface area contributed by atoms with Crippen LogP contribution >= 0.6 is 0 Å². The first-order valence-electron chi connectivity index (χ1n) is 8.65. The molecule has 1 aromatic heterocycles. The fraction of sp³-hybridized carbons (Fsp3) is 0.500. The molecule has 0 bridgehead atoms. The van der Waals surface area contributed by atoms with Crippen molar-refractivity contribution in [3.05, 3.63) is 52.2 Å². The van der Waals surface area contributed by atoms with Crippen molar-refractivity contribution < 1.29 is 4.79 Å². The number of hydrogen-bond acceptors (Lipinski definition) is 3. The van der Waals surface area contributed by atoms with Crippen LogP contribution in [0.2, 0.25) is 0 Å². The van der Waals surface area contributed by atoms with Crippen molar-refractivity contribution in [3.8, 4) is 0 Å². The fourth-order valence-corrected chi connectivity index (χ4v) is 3.56. The lowest BCUT2D eigenvalue weighted by molar-refractivity contribution is 0.0710. The van der Waals surface area contributed by atoms with E-state index >= 15 is 0 Å². The number of aromatic nitrogens is 3. The van der Waals surface area contributed by atoms with E-state index in [1.54, 1.807) is 7.05 Å². The summed E-state index contributed by atoms with van der Waals surface area (Å²) in [6.07, 6.45) is 3.87. The van der Waals surface area contributed by atoms with E-state index in [-0.39, 0.29) is 17.5 Å². The van der Waals surface area contributed by atoms with Crippen LogP contribution in [0.25, 0.3) is 0 Å². The largest absolute Gasteiger partial charge is 0.345 e. The number of hydrogen-bond donors (Lipinski definition) is 0. The summed E-state index contributed by atoms with van der Waals surface area (Å²) < 4.78 is 3.34. The second-order valence-electron chi connectivity index (χ2n) is 6.80. The second-order valence-corrected chi connectivity index (χ2v) is 6.80. The van der Waals surface area contributed by atoms with Gasteiger partial charge in [0.1, 0.15) is 5.82 Å². The highest BCUT2D eigenvalue weighted by Gasteiger charge is 2.34. The van der Waals surface area contributed by atoms with Crippen LogP contribution in [0.1, 0.15) is 53.8 Å². The summed E-state index contributed by atoms with van der Waals surface area (Å²) >= 11 is 0. The monoisotopic (exact) mass is 326 g/mol. The summed E-state index contributed by atoms with van der Waals surface area (Å²) in [5.74, 6) is 1.27. The van der Waals surface area contributed by atoms with Gasteiger partial charge < -0.3 is 4.90 Å². The molecule has 2 fully saturated rings. The molecule has 1 saturated carbocycles. The van der Waals surface area contributed by atoms with Gasteiger partial charge in [-0.25, -0.2) is 9.48 Å². The van der Waals surface area contributed by atoms with Gasteiger partial charge in [0, 0.05) is 37.7 Å². The standard InChI is InChI=1S/C18H22N4O2/c1-20-18(24)22(15-7-8-15)16(19-20)13-9-11-21(12-10-13)17(23)14-5-3-2-4-6-14/h2-6,13,15H,7-12H2,1H3. The molecular weight excluding hydrogens is 304 g/mol. The first-order valence-corrected chi connectivity index (χ1v) is 8.65. The highest BCUT2D eigenvalue weighted by molar-refractivity contribution is 5.94. The van der Waals surface area contributed by atoms with E-state index in [1.807, 2.05) is 39.8 Å². The number of benzene rings is 1. The van der Waals surface area contributed by atoms with Gasteiger partial charge in [0.15, 0.2) is 0 Å². The summed E-state index contributed by atoms with van der Waals surface area (Å²) in [4.78, 5) is 26.7. The maximum atomic E-state index is 12.5. The normalized spacial score (nSPS) is 18.8. The molecule has 0 N–H and O–H groups in total. The lowest BCUT2D eigenvalue weighted by Crippen LogP contribution is -2.38. The maximum absolute atomic E-state index is 12.5. The summed E-state index contributed by atoms with van der Waals surface area (Å²) in [6.45, 7) is 1.43. The van der Waals surface area contributed by atoms with Crippen LogP contribution in [-0.2, 0) is 7.05 Å². The first kappa shape index (κ1) is 15.2. The topological polar surface area (TPSA) is 60.1 Å². The highest BCUT2D eigenvalue weighted by Crippen LogP contribution is 2.37. The molecule has 1 aliphatic heterocycles. The Morgan fingerprint density at radius 1 is 1.08 bits per heavy atom. The lowest BCUT2D eigenvalue weighted by Gasteiger charge is -2.31. The van der Waals surface area contributed by atoms with E-state index in [0.717, 1.165) is 37.1 Å². The van der Waals surface area contributed by atoms with E-state index in [4.69, 9.17) is 0 Å². The Bertz CT molecular complexity index is 796. The molecule has 1 aliphatic carbocycles. The number of aryl methyl sites for hydroxylation is 1. The van der Waals surface area contributed by atoms with Gasteiger partial charge in [-0.1, -0.05) is 18.2 Å². The summed E-state index contributed by atoms with van der Waals surface area (Å²) in [7, 11) is 1.72. The molecule has 2 aliphatic rings. The number of piperidine rings is 1. The zero-order valence-corrected chi connectivity index (χ0v) is 13.9. The predicted molar refractivity (Wildman–Crippen MR) is 90.1 cm³/mol. The van der Waals surface area contributed by atoms with Crippen molar-refractivity contribution in [2.45, 2.75) is 37.6 Å². The SMILES string of the molecule is Cn1nc(C2CCN(C(=O)c3ccccc3)CC2)n(C2CC2)c1=O. The van der Waals surface area contributed by atoms with Gasteiger partial charge in [-0.05, 0) is 37.8 Å². The van der Waals surface area contributed by atoms with Gasteiger partial charge in [-0.2, -0.15) is 5.10 Å². The zero-order valence-electron chi connectivity index (χ0n) is 13.9. The molecule has 0 atom stereocenters. The molecule has 1 saturated heterocycles. The smallest absolute Gasteiger partial charge is 0.339 e. The van der Waals surface area contributed by atoms with Gasteiger partial charge in [0.2, 0.25) is 0 Å². The van der Waals surface area contributed by atoms with E-state index in [9.17, 15) is 9.59 Å². The predicted octanol–water partition coefficient (Wildman–Crippen LogP) is 1.94. The van der Waals surface area contributed by atoms with Crippen molar-refractivity contribution >= 4 is 5.91 Å². The molecule has 6 heteroatoms. The minimum absolute atomic E-state index is 0.00436. The Balaban J connectivity index is 1.48. The lowest BCUT2D eigenvalue weighted by atomic mass is 9.95. The Morgan fingerprint density at radius 3 is 2.38 bits per heavy atom. The Labute approximate surface area is 140 Å². The molecule has 126 valence electrons. The number of rotatable bonds is 3. The van der Waals surface area contributed by atoms with Crippen molar-refractivity contribution in [1.29, 1.82) is 0 Å². The molecular formula is C18H22N4O2. The quantitative estimate of drug-likeness (QED) is 0.866. The molecule has 1 aromatic carbocycles. The van der Waals surface area contributed by atoms with Gasteiger partial charge in [0.25, 0.3) is 5.91 Å². The van der Waals surface area contributed by atoms with Crippen molar-refractivity contribution in [3.63, 3.8) is 0 Å². The van der Waals surface area contributed by atoms with E-state index in [2.05, 4.69) is 5.10 Å². The minimum atomic E-state index is -0.00436. The summed E-state index contributed by atoms with van der Waals surface area (Å²) in [5.41, 5.74) is 0.735. The highest BCUT2D eigenvalue weighted by atomic mass is 16.2. The van der Waals surface area contributed by atoms with Crippen molar-refractivity contribution in [2.24, 2.45) is 7.05 Å². The van der Waals surface area contributed by atoms with Gasteiger partial charge in [-0.15, -0.1) is 0 Å². The van der Waals surface area contributed by atoms with Crippen molar-refractivity contribution in [1.82, 2.24) is 19.2 Å². The molecule has 6 nitrogen and oxygen atoms in total. The third kappa shape index (κ3) is 2.66.